The average Bonchev–Trinajstić information content (AvgIpc) is 2.89. The average molecular weight is 459 g/mol. The van der Waals surface area contributed by atoms with Gasteiger partial charge in [-0.25, -0.2) is 0 Å². The summed E-state index contributed by atoms with van der Waals surface area (Å²) in [5.41, 5.74) is 1.51. The van der Waals surface area contributed by atoms with Gasteiger partial charge < -0.3 is 0 Å². The molecule has 0 spiro atoms. The number of hydrogen-bond donors (Lipinski definition) is 0. The smallest absolute Gasteiger partial charge is 0.00195 e. The molecule has 0 aliphatic carbocycles. The third-order valence-electron chi connectivity index (χ3n) is 8.25. The van der Waals surface area contributed by atoms with Crippen molar-refractivity contribution in [1.82, 2.24) is 0 Å². The van der Waals surface area contributed by atoms with Gasteiger partial charge in [0.1, 0.15) is 0 Å². The van der Waals surface area contributed by atoms with Crippen LogP contribution in [0.15, 0.2) is 103 Å². The summed E-state index contributed by atoms with van der Waals surface area (Å²) in [6.07, 6.45) is 0. The van der Waals surface area contributed by atoms with Crippen LogP contribution in [0, 0.1) is 0 Å². The van der Waals surface area contributed by atoms with Gasteiger partial charge >= 0.3 is 0 Å². The van der Waals surface area contributed by atoms with Crippen LogP contribution in [0.3, 0.4) is 0 Å². The highest BCUT2D eigenvalue weighted by Gasteiger charge is 2.19. The number of fused-ring (bicyclic) bond motifs is 8. The van der Waals surface area contributed by atoms with Crippen molar-refractivity contribution in [3.8, 4) is 0 Å². The summed E-state index contributed by atoms with van der Waals surface area (Å²) < 4.78 is 0. The van der Waals surface area contributed by atoms with Crippen molar-refractivity contribution in [2.45, 2.75) is 26.2 Å². The van der Waals surface area contributed by atoms with Gasteiger partial charge in [0, 0.05) is 0 Å². The summed E-state index contributed by atoms with van der Waals surface area (Å²) in [5.74, 6) is 0. The van der Waals surface area contributed by atoms with Crippen molar-refractivity contribution in [3.05, 3.63) is 109 Å². The minimum Gasteiger partial charge on any atom is -0.0616 e. The second-order valence-electron chi connectivity index (χ2n) is 11.4. The summed E-state index contributed by atoms with van der Waals surface area (Å²) in [6, 6.07) is 39.1. The molecule has 0 atom stereocenters. The van der Waals surface area contributed by atoms with Crippen LogP contribution in [-0.4, -0.2) is 0 Å². The molecule has 8 rings (SSSR count). The van der Waals surface area contributed by atoms with E-state index in [1.807, 2.05) is 0 Å². The molecule has 0 bridgehead atoms. The Morgan fingerprint density at radius 1 is 0.361 bits per heavy atom. The Morgan fingerprint density at radius 2 is 0.861 bits per heavy atom. The molecule has 36 heavy (non-hydrogen) atoms. The molecule has 0 fully saturated rings. The first-order valence-electron chi connectivity index (χ1n) is 12.9. The monoisotopic (exact) mass is 458 g/mol. The second-order valence-corrected chi connectivity index (χ2v) is 11.4. The van der Waals surface area contributed by atoms with E-state index in [4.69, 9.17) is 0 Å². The molecule has 0 radical (unpaired) electrons. The molecule has 0 heteroatoms. The quantitative estimate of drug-likeness (QED) is 0.157. The highest BCUT2D eigenvalue weighted by Crippen LogP contribution is 2.45. The molecular formula is C36H26. The van der Waals surface area contributed by atoms with Crippen molar-refractivity contribution in [3.63, 3.8) is 0 Å². The number of rotatable bonds is 0. The lowest BCUT2D eigenvalue weighted by Gasteiger charge is -2.22. The Kier molecular flexibility index (Phi) is 3.76. The van der Waals surface area contributed by atoms with E-state index in [1.165, 1.54) is 81.0 Å². The summed E-state index contributed by atoms with van der Waals surface area (Å²) in [5, 5.41) is 18.8. The van der Waals surface area contributed by atoms with E-state index < -0.39 is 0 Å². The largest absolute Gasteiger partial charge is 0.0616 e. The Morgan fingerprint density at radius 3 is 1.53 bits per heavy atom. The van der Waals surface area contributed by atoms with Gasteiger partial charge in [0.2, 0.25) is 0 Å². The molecule has 0 saturated carbocycles. The molecule has 0 saturated heterocycles. The molecule has 8 aromatic carbocycles. The highest BCUT2D eigenvalue weighted by molar-refractivity contribution is 6.38. The standard InChI is InChI=1S/C36H26/c1-36(2,3)26-16-23-12-13-25-20-31-28-11-7-6-10-27(28)30-18-21-8-4-5-9-22(21)19-32(30)35(31)29-15-14-24(17-26)33(23)34(25)29/h4-20H,1-3H3. The highest BCUT2D eigenvalue weighted by atomic mass is 14.2. The summed E-state index contributed by atoms with van der Waals surface area (Å²) in [4.78, 5) is 0. The number of benzene rings is 8. The topological polar surface area (TPSA) is 0 Å². The maximum atomic E-state index is 2.44. The lowest BCUT2D eigenvalue weighted by molar-refractivity contribution is 0.591. The van der Waals surface area contributed by atoms with E-state index >= 15 is 0 Å². The zero-order chi connectivity index (χ0) is 24.2. The fourth-order valence-corrected chi connectivity index (χ4v) is 6.45. The fourth-order valence-electron chi connectivity index (χ4n) is 6.45. The summed E-state index contributed by atoms with van der Waals surface area (Å²) in [6.45, 7) is 6.90. The Hall–Kier alpha value is -4.16. The van der Waals surface area contributed by atoms with Gasteiger partial charge in [-0.3, -0.25) is 0 Å². The van der Waals surface area contributed by atoms with Crippen LogP contribution in [0.2, 0.25) is 0 Å². The lowest BCUT2D eigenvalue weighted by atomic mass is 9.82. The van der Waals surface area contributed by atoms with Crippen LogP contribution in [0.5, 0.6) is 0 Å². The molecule has 0 nitrogen and oxygen atoms in total. The van der Waals surface area contributed by atoms with Crippen LogP contribution in [0.4, 0.5) is 0 Å². The van der Waals surface area contributed by atoms with E-state index in [0.717, 1.165) is 0 Å². The molecule has 0 amide bonds. The van der Waals surface area contributed by atoms with Gasteiger partial charge in [0.15, 0.2) is 0 Å². The van der Waals surface area contributed by atoms with Gasteiger partial charge in [-0.15, -0.1) is 0 Å². The Balaban J connectivity index is 1.66. The minimum atomic E-state index is 0.118. The molecule has 0 aromatic heterocycles. The van der Waals surface area contributed by atoms with Gasteiger partial charge in [0.25, 0.3) is 0 Å². The minimum absolute atomic E-state index is 0.118. The van der Waals surface area contributed by atoms with Gasteiger partial charge in [-0.1, -0.05) is 106 Å². The van der Waals surface area contributed by atoms with E-state index in [0.29, 0.717) is 0 Å². The molecule has 0 aliphatic rings. The zero-order valence-electron chi connectivity index (χ0n) is 20.8. The molecule has 0 heterocycles. The van der Waals surface area contributed by atoms with Crippen molar-refractivity contribution in [2.24, 2.45) is 0 Å². The second kappa shape index (κ2) is 6.74. The van der Waals surface area contributed by atoms with Crippen LogP contribution in [0.1, 0.15) is 26.3 Å². The zero-order valence-corrected chi connectivity index (χ0v) is 20.8. The van der Waals surface area contributed by atoms with Crippen molar-refractivity contribution in [2.75, 3.05) is 0 Å². The molecular weight excluding hydrogens is 432 g/mol. The maximum absolute atomic E-state index is 2.44. The van der Waals surface area contributed by atoms with E-state index in [-0.39, 0.29) is 5.41 Å². The lowest BCUT2D eigenvalue weighted by Crippen LogP contribution is -2.10. The molecule has 0 aliphatic heterocycles. The molecule has 0 N–H and O–H groups in total. The van der Waals surface area contributed by atoms with E-state index in [1.54, 1.807) is 0 Å². The molecule has 0 unspecified atom stereocenters. The summed E-state index contributed by atoms with van der Waals surface area (Å²) >= 11 is 0. The predicted molar refractivity (Wildman–Crippen MR) is 159 cm³/mol. The van der Waals surface area contributed by atoms with Crippen molar-refractivity contribution < 1.29 is 0 Å². The third-order valence-corrected chi connectivity index (χ3v) is 8.25. The van der Waals surface area contributed by atoms with Crippen LogP contribution in [0.25, 0.3) is 75.4 Å². The van der Waals surface area contributed by atoms with Crippen LogP contribution in [-0.2, 0) is 5.41 Å². The first-order chi connectivity index (χ1) is 17.5. The third kappa shape index (κ3) is 2.59. The Bertz CT molecular complexity index is 2150. The van der Waals surface area contributed by atoms with Crippen LogP contribution < -0.4 is 0 Å². The van der Waals surface area contributed by atoms with Crippen molar-refractivity contribution in [1.29, 1.82) is 0 Å². The van der Waals surface area contributed by atoms with Gasteiger partial charge in [0.05, 0.1) is 0 Å². The maximum Gasteiger partial charge on any atom is -0.00195 e. The number of hydrogen-bond acceptors (Lipinski definition) is 0. The normalized spacial score (nSPS) is 12.9. The van der Waals surface area contributed by atoms with E-state index in [9.17, 15) is 0 Å². The summed E-state index contributed by atoms with van der Waals surface area (Å²) in [7, 11) is 0. The molecule has 8 aromatic rings. The van der Waals surface area contributed by atoms with Gasteiger partial charge in [-0.05, 0) is 105 Å². The van der Waals surface area contributed by atoms with Crippen LogP contribution >= 0.6 is 0 Å². The van der Waals surface area contributed by atoms with E-state index in [2.05, 4.69) is 124 Å². The van der Waals surface area contributed by atoms with Crippen molar-refractivity contribution >= 4 is 75.4 Å². The Labute approximate surface area is 210 Å². The molecule has 170 valence electrons. The predicted octanol–water partition coefficient (Wildman–Crippen LogP) is 10.5. The first-order valence-corrected chi connectivity index (χ1v) is 12.9. The van der Waals surface area contributed by atoms with Gasteiger partial charge in [-0.2, -0.15) is 0 Å². The SMILES string of the molecule is CC(C)(C)c1cc2ccc3cc4c5ccccc5c5cc6ccccc6cc5c4c4ccc(c1)c2c34. The first kappa shape index (κ1) is 20.1. The fraction of sp³-hybridized carbons (Fsp3) is 0.111.